The van der Waals surface area contributed by atoms with Crippen molar-refractivity contribution in [2.45, 2.75) is 26.2 Å². The number of nitrogens with zero attached hydrogens (tertiary/aromatic N) is 1. The molecule has 0 unspecified atom stereocenters. The van der Waals surface area contributed by atoms with Gasteiger partial charge < -0.3 is 18.9 Å². The van der Waals surface area contributed by atoms with Crippen LogP contribution in [0.25, 0.3) is 0 Å². The first-order valence-corrected chi connectivity index (χ1v) is 8.89. The SMILES string of the molecule is COc1cc(/C=N\NC(=O)COc2ccc(C(C)(C)C)cc2)cc2c1OCO2. The van der Waals surface area contributed by atoms with Crippen LogP contribution in [0.15, 0.2) is 41.5 Å². The molecule has 2 aromatic carbocycles. The van der Waals surface area contributed by atoms with E-state index in [1.165, 1.54) is 11.8 Å². The Morgan fingerprint density at radius 1 is 1.21 bits per heavy atom. The molecule has 0 saturated carbocycles. The molecule has 1 N–H and O–H groups in total. The molecule has 1 aliphatic rings. The van der Waals surface area contributed by atoms with Gasteiger partial charge in [0.2, 0.25) is 12.5 Å². The summed E-state index contributed by atoms with van der Waals surface area (Å²) in [6.07, 6.45) is 1.50. The van der Waals surface area contributed by atoms with E-state index < -0.39 is 0 Å². The lowest BCUT2D eigenvalue weighted by Crippen LogP contribution is -2.24. The molecule has 148 valence electrons. The summed E-state index contributed by atoms with van der Waals surface area (Å²) in [4.78, 5) is 11.9. The Bertz CT molecular complexity index is 870. The highest BCUT2D eigenvalue weighted by Gasteiger charge is 2.19. The van der Waals surface area contributed by atoms with Crippen molar-refractivity contribution in [1.82, 2.24) is 5.43 Å². The summed E-state index contributed by atoms with van der Waals surface area (Å²) in [6.45, 7) is 6.45. The van der Waals surface area contributed by atoms with Crippen LogP contribution in [0.5, 0.6) is 23.0 Å². The topological polar surface area (TPSA) is 78.4 Å². The number of methoxy groups -OCH3 is 1. The molecule has 0 aromatic heterocycles. The number of rotatable bonds is 6. The van der Waals surface area contributed by atoms with Gasteiger partial charge >= 0.3 is 0 Å². The predicted molar refractivity (Wildman–Crippen MR) is 105 cm³/mol. The molecule has 0 bridgehead atoms. The van der Waals surface area contributed by atoms with Gasteiger partial charge in [-0.25, -0.2) is 5.43 Å². The van der Waals surface area contributed by atoms with Crippen LogP contribution in [-0.2, 0) is 10.2 Å². The monoisotopic (exact) mass is 384 g/mol. The lowest BCUT2D eigenvalue weighted by atomic mass is 9.87. The number of hydrogen-bond donors (Lipinski definition) is 1. The Morgan fingerprint density at radius 3 is 2.64 bits per heavy atom. The smallest absolute Gasteiger partial charge is 0.277 e. The summed E-state index contributed by atoms with van der Waals surface area (Å²) in [5, 5.41) is 3.94. The third kappa shape index (κ3) is 4.73. The van der Waals surface area contributed by atoms with Crippen LogP contribution in [0.4, 0.5) is 0 Å². The van der Waals surface area contributed by atoms with E-state index in [9.17, 15) is 4.79 Å². The molecule has 0 spiro atoms. The minimum atomic E-state index is -0.358. The van der Waals surface area contributed by atoms with Gasteiger partial charge in [0.05, 0.1) is 13.3 Å². The second kappa shape index (κ2) is 8.21. The van der Waals surface area contributed by atoms with Crippen molar-refractivity contribution in [2.24, 2.45) is 5.10 Å². The molecule has 0 fully saturated rings. The van der Waals surface area contributed by atoms with Gasteiger partial charge in [0.1, 0.15) is 5.75 Å². The van der Waals surface area contributed by atoms with E-state index in [2.05, 4.69) is 31.3 Å². The molecule has 0 aliphatic carbocycles. The standard InChI is InChI=1S/C21H24N2O5/c1-21(2,3)15-5-7-16(8-6-15)26-12-19(24)23-22-11-14-9-17(25-4)20-18(10-14)27-13-28-20/h5-11H,12-13H2,1-4H3,(H,23,24)/b22-11-. The van der Waals surface area contributed by atoms with Gasteiger partial charge in [0.25, 0.3) is 5.91 Å². The van der Waals surface area contributed by atoms with Gasteiger partial charge in [0, 0.05) is 5.56 Å². The first-order valence-electron chi connectivity index (χ1n) is 8.89. The summed E-state index contributed by atoms with van der Waals surface area (Å²) in [6, 6.07) is 11.2. The molecule has 2 aromatic rings. The number of nitrogens with one attached hydrogen (secondary N) is 1. The molecule has 28 heavy (non-hydrogen) atoms. The third-order valence-electron chi connectivity index (χ3n) is 4.17. The van der Waals surface area contributed by atoms with Gasteiger partial charge in [-0.1, -0.05) is 32.9 Å². The van der Waals surface area contributed by atoms with Crippen LogP contribution in [-0.4, -0.2) is 32.6 Å². The van der Waals surface area contributed by atoms with Gasteiger partial charge in [-0.15, -0.1) is 0 Å². The maximum Gasteiger partial charge on any atom is 0.277 e. The van der Waals surface area contributed by atoms with Crippen molar-refractivity contribution in [3.05, 3.63) is 47.5 Å². The average Bonchev–Trinajstić information content (AvgIpc) is 3.14. The largest absolute Gasteiger partial charge is 0.493 e. The summed E-state index contributed by atoms with van der Waals surface area (Å²) in [7, 11) is 1.55. The average molecular weight is 384 g/mol. The van der Waals surface area contributed by atoms with Crippen LogP contribution < -0.4 is 24.4 Å². The lowest BCUT2D eigenvalue weighted by molar-refractivity contribution is -0.123. The second-order valence-corrected chi connectivity index (χ2v) is 7.31. The third-order valence-corrected chi connectivity index (χ3v) is 4.17. The van der Waals surface area contributed by atoms with Crippen LogP contribution in [0.1, 0.15) is 31.9 Å². The Labute approximate surface area is 164 Å². The zero-order valence-corrected chi connectivity index (χ0v) is 16.4. The van der Waals surface area contributed by atoms with E-state index in [0.29, 0.717) is 28.6 Å². The van der Waals surface area contributed by atoms with Gasteiger partial charge in [-0.05, 0) is 35.2 Å². The van der Waals surface area contributed by atoms with E-state index >= 15 is 0 Å². The maximum absolute atomic E-state index is 11.9. The highest BCUT2D eigenvalue weighted by atomic mass is 16.7. The van der Waals surface area contributed by atoms with E-state index in [-0.39, 0.29) is 24.7 Å². The molecule has 3 rings (SSSR count). The van der Waals surface area contributed by atoms with E-state index in [1.54, 1.807) is 19.2 Å². The number of fused-ring (bicyclic) bond motifs is 1. The van der Waals surface area contributed by atoms with E-state index in [1.807, 2.05) is 24.3 Å². The normalized spacial score (nSPS) is 12.9. The van der Waals surface area contributed by atoms with Crippen molar-refractivity contribution in [3.8, 4) is 23.0 Å². The summed E-state index contributed by atoms with van der Waals surface area (Å²) in [5.41, 5.74) is 4.42. The van der Waals surface area contributed by atoms with Crippen molar-refractivity contribution in [3.63, 3.8) is 0 Å². The molecule has 7 nitrogen and oxygen atoms in total. The molecule has 1 heterocycles. The summed E-state index contributed by atoms with van der Waals surface area (Å²) < 4.78 is 21.5. The first kappa shape index (κ1) is 19.5. The molecule has 1 aliphatic heterocycles. The second-order valence-electron chi connectivity index (χ2n) is 7.31. The molecule has 7 heteroatoms. The maximum atomic E-state index is 11.9. The van der Waals surface area contributed by atoms with Crippen LogP contribution in [0, 0.1) is 0 Å². The first-order chi connectivity index (χ1) is 13.4. The predicted octanol–water partition coefficient (Wildman–Crippen LogP) is 3.25. The fourth-order valence-electron chi connectivity index (χ4n) is 2.64. The fourth-order valence-corrected chi connectivity index (χ4v) is 2.64. The Kier molecular flexibility index (Phi) is 5.73. The fraction of sp³-hybridized carbons (Fsp3) is 0.333. The zero-order chi connectivity index (χ0) is 20.1. The van der Waals surface area contributed by atoms with Crippen molar-refractivity contribution in [2.75, 3.05) is 20.5 Å². The molecule has 1 amide bonds. The van der Waals surface area contributed by atoms with Crippen LogP contribution >= 0.6 is 0 Å². The molecule has 0 radical (unpaired) electrons. The number of ether oxygens (including phenoxy) is 4. The molecule has 0 atom stereocenters. The van der Waals surface area contributed by atoms with Crippen molar-refractivity contribution < 1.29 is 23.7 Å². The minimum absolute atomic E-state index is 0.0715. The summed E-state index contributed by atoms with van der Waals surface area (Å²) >= 11 is 0. The van der Waals surface area contributed by atoms with Crippen LogP contribution in [0.3, 0.4) is 0 Å². The number of benzene rings is 2. The minimum Gasteiger partial charge on any atom is -0.493 e. The van der Waals surface area contributed by atoms with Gasteiger partial charge in [0.15, 0.2) is 18.1 Å². The zero-order valence-electron chi connectivity index (χ0n) is 16.4. The highest BCUT2D eigenvalue weighted by Crippen LogP contribution is 2.41. The van der Waals surface area contributed by atoms with Crippen molar-refractivity contribution >= 4 is 12.1 Å². The molecular weight excluding hydrogens is 360 g/mol. The molecule has 0 saturated heterocycles. The number of hydrogen-bond acceptors (Lipinski definition) is 6. The van der Waals surface area contributed by atoms with Gasteiger partial charge in [-0.3, -0.25) is 4.79 Å². The van der Waals surface area contributed by atoms with Crippen LogP contribution in [0.2, 0.25) is 0 Å². The number of carbonyl (C=O) groups excluding carboxylic acids is 1. The number of amides is 1. The summed E-state index contributed by atoms with van der Waals surface area (Å²) in [5.74, 6) is 1.96. The van der Waals surface area contributed by atoms with E-state index in [0.717, 1.165) is 0 Å². The molecular formula is C21H24N2O5. The van der Waals surface area contributed by atoms with Gasteiger partial charge in [-0.2, -0.15) is 5.10 Å². The van der Waals surface area contributed by atoms with E-state index in [4.69, 9.17) is 18.9 Å². The lowest BCUT2D eigenvalue weighted by Gasteiger charge is -2.19. The Balaban J connectivity index is 1.52. The Morgan fingerprint density at radius 2 is 1.96 bits per heavy atom. The highest BCUT2D eigenvalue weighted by molar-refractivity contribution is 5.84. The number of hydrazone groups is 1. The van der Waals surface area contributed by atoms with Crippen molar-refractivity contribution in [1.29, 1.82) is 0 Å². The quantitative estimate of drug-likeness (QED) is 0.611. The Hall–Kier alpha value is -3.22. The number of carbonyl (C=O) groups is 1.